The molecule has 0 bridgehead atoms. The van der Waals surface area contributed by atoms with Crippen molar-refractivity contribution in [2.75, 3.05) is 10.6 Å². The molecule has 0 saturated heterocycles. The number of benzene rings is 2. The molecule has 2 amide bonds. The van der Waals surface area contributed by atoms with Crippen molar-refractivity contribution in [1.82, 2.24) is 0 Å². The van der Waals surface area contributed by atoms with Crippen molar-refractivity contribution in [2.24, 2.45) is 0 Å². The van der Waals surface area contributed by atoms with Crippen LogP contribution in [0.25, 0.3) is 0 Å². The molecule has 0 heterocycles. The SMILES string of the molecule is N#Cc1cccc(NC(=O)Nc2ccccc2)c1. The monoisotopic (exact) mass is 237 g/mol. The number of nitrogens with zero attached hydrogens (tertiary/aromatic N) is 1. The maximum Gasteiger partial charge on any atom is 0.323 e. The summed E-state index contributed by atoms with van der Waals surface area (Å²) in [6, 6.07) is 17.6. The Morgan fingerprint density at radius 3 is 2.33 bits per heavy atom. The number of urea groups is 1. The Labute approximate surface area is 105 Å². The summed E-state index contributed by atoms with van der Waals surface area (Å²) in [6.45, 7) is 0. The molecule has 0 aromatic heterocycles. The first-order chi connectivity index (χ1) is 8.78. The van der Waals surface area contributed by atoms with E-state index in [1.807, 2.05) is 24.3 Å². The zero-order valence-corrected chi connectivity index (χ0v) is 9.55. The van der Waals surface area contributed by atoms with Gasteiger partial charge in [0.1, 0.15) is 0 Å². The average molecular weight is 237 g/mol. The van der Waals surface area contributed by atoms with Gasteiger partial charge in [-0.25, -0.2) is 4.79 Å². The van der Waals surface area contributed by atoms with Gasteiger partial charge in [-0.2, -0.15) is 5.26 Å². The lowest BCUT2D eigenvalue weighted by molar-refractivity contribution is 0.262. The van der Waals surface area contributed by atoms with Crippen molar-refractivity contribution >= 4 is 17.4 Å². The number of rotatable bonds is 2. The number of carbonyl (C=O) groups is 1. The lowest BCUT2D eigenvalue weighted by Gasteiger charge is -2.07. The van der Waals surface area contributed by atoms with E-state index < -0.39 is 0 Å². The normalized spacial score (nSPS) is 9.28. The highest BCUT2D eigenvalue weighted by Crippen LogP contribution is 2.11. The molecule has 4 nitrogen and oxygen atoms in total. The van der Waals surface area contributed by atoms with Crippen LogP contribution >= 0.6 is 0 Å². The lowest BCUT2D eigenvalue weighted by atomic mass is 10.2. The molecule has 0 saturated carbocycles. The number of amides is 2. The zero-order valence-electron chi connectivity index (χ0n) is 9.55. The Bertz CT molecular complexity index is 587. The third-order valence-electron chi connectivity index (χ3n) is 2.28. The van der Waals surface area contributed by atoms with Gasteiger partial charge in [-0.3, -0.25) is 0 Å². The van der Waals surface area contributed by atoms with Gasteiger partial charge in [-0.15, -0.1) is 0 Å². The zero-order chi connectivity index (χ0) is 12.8. The minimum Gasteiger partial charge on any atom is -0.308 e. The van der Waals surface area contributed by atoms with Crippen LogP contribution in [-0.2, 0) is 0 Å². The fourth-order valence-corrected chi connectivity index (χ4v) is 1.48. The predicted octanol–water partition coefficient (Wildman–Crippen LogP) is 3.20. The van der Waals surface area contributed by atoms with Crippen LogP contribution in [0.15, 0.2) is 54.6 Å². The maximum absolute atomic E-state index is 11.7. The van der Waals surface area contributed by atoms with E-state index in [1.165, 1.54) is 0 Å². The molecule has 0 atom stereocenters. The Kier molecular flexibility index (Phi) is 3.57. The summed E-state index contributed by atoms with van der Waals surface area (Å²) in [6.07, 6.45) is 0. The topological polar surface area (TPSA) is 64.9 Å². The van der Waals surface area contributed by atoms with Crippen LogP contribution in [0, 0.1) is 11.3 Å². The van der Waals surface area contributed by atoms with Gasteiger partial charge in [0.25, 0.3) is 0 Å². The molecule has 88 valence electrons. The summed E-state index contributed by atoms with van der Waals surface area (Å²) in [4.78, 5) is 11.7. The molecule has 0 radical (unpaired) electrons. The molecule has 0 spiro atoms. The molecule has 2 N–H and O–H groups in total. The molecule has 2 aromatic carbocycles. The van der Waals surface area contributed by atoms with E-state index in [1.54, 1.807) is 36.4 Å². The molecular weight excluding hydrogens is 226 g/mol. The Balaban J connectivity index is 2.01. The number of carbonyl (C=O) groups excluding carboxylic acids is 1. The number of anilines is 2. The summed E-state index contributed by atoms with van der Waals surface area (Å²) >= 11 is 0. The maximum atomic E-state index is 11.7. The molecule has 4 heteroatoms. The van der Waals surface area contributed by atoms with Crippen molar-refractivity contribution in [3.05, 3.63) is 60.2 Å². The van der Waals surface area contributed by atoms with Crippen LogP contribution in [0.5, 0.6) is 0 Å². The van der Waals surface area contributed by atoms with Gasteiger partial charge >= 0.3 is 6.03 Å². The minimum atomic E-state index is -0.337. The molecular formula is C14H11N3O. The van der Waals surface area contributed by atoms with E-state index in [-0.39, 0.29) is 6.03 Å². The van der Waals surface area contributed by atoms with E-state index in [0.29, 0.717) is 16.9 Å². The number of para-hydroxylation sites is 1. The van der Waals surface area contributed by atoms with Gasteiger partial charge in [0, 0.05) is 11.4 Å². The van der Waals surface area contributed by atoms with Crippen molar-refractivity contribution in [2.45, 2.75) is 0 Å². The molecule has 18 heavy (non-hydrogen) atoms. The minimum absolute atomic E-state index is 0.337. The summed E-state index contributed by atoms with van der Waals surface area (Å²) in [5.74, 6) is 0. The van der Waals surface area contributed by atoms with Crippen LogP contribution in [0.2, 0.25) is 0 Å². The smallest absolute Gasteiger partial charge is 0.308 e. The summed E-state index contributed by atoms with van der Waals surface area (Å²) in [5, 5.41) is 14.1. The van der Waals surface area contributed by atoms with Gasteiger partial charge in [0.2, 0.25) is 0 Å². The number of hydrogen-bond acceptors (Lipinski definition) is 2. The fraction of sp³-hybridized carbons (Fsp3) is 0. The van der Waals surface area contributed by atoms with Crippen LogP contribution in [0.1, 0.15) is 5.56 Å². The molecule has 0 unspecified atom stereocenters. The second-order valence-corrected chi connectivity index (χ2v) is 3.64. The van der Waals surface area contributed by atoms with E-state index >= 15 is 0 Å². The van der Waals surface area contributed by atoms with E-state index in [0.717, 1.165) is 0 Å². The summed E-state index contributed by atoms with van der Waals surface area (Å²) in [5.41, 5.74) is 1.81. The third kappa shape index (κ3) is 3.09. The molecule has 0 aliphatic carbocycles. The second-order valence-electron chi connectivity index (χ2n) is 3.64. The Morgan fingerprint density at radius 1 is 0.944 bits per heavy atom. The highest BCUT2D eigenvalue weighted by molar-refractivity contribution is 5.99. The van der Waals surface area contributed by atoms with E-state index in [9.17, 15) is 4.79 Å². The quantitative estimate of drug-likeness (QED) is 0.842. The van der Waals surface area contributed by atoms with Gasteiger partial charge in [0.05, 0.1) is 11.6 Å². The van der Waals surface area contributed by atoms with Gasteiger partial charge < -0.3 is 10.6 Å². The molecule has 0 aliphatic heterocycles. The average Bonchev–Trinajstić information content (AvgIpc) is 2.40. The van der Waals surface area contributed by atoms with Crippen LogP contribution < -0.4 is 10.6 Å². The first kappa shape index (κ1) is 11.7. The first-order valence-electron chi connectivity index (χ1n) is 5.41. The first-order valence-corrected chi connectivity index (χ1v) is 5.41. The molecule has 0 aliphatic rings. The van der Waals surface area contributed by atoms with Gasteiger partial charge in [-0.05, 0) is 30.3 Å². The Hall–Kier alpha value is -2.80. The predicted molar refractivity (Wildman–Crippen MR) is 70.2 cm³/mol. The number of nitrogens with one attached hydrogen (secondary N) is 2. The second kappa shape index (κ2) is 5.51. The molecule has 0 fully saturated rings. The highest BCUT2D eigenvalue weighted by atomic mass is 16.2. The van der Waals surface area contributed by atoms with Crippen molar-refractivity contribution in [1.29, 1.82) is 5.26 Å². The number of nitriles is 1. The largest absolute Gasteiger partial charge is 0.323 e. The number of hydrogen-bond donors (Lipinski definition) is 2. The van der Waals surface area contributed by atoms with E-state index in [2.05, 4.69) is 10.6 Å². The molecule has 2 aromatic rings. The van der Waals surface area contributed by atoms with Gasteiger partial charge in [-0.1, -0.05) is 24.3 Å². The van der Waals surface area contributed by atoms with Crippen LogP contribution in [0.4, 0.5) is 16.2 Å². The van der Waals surface area contributed by atoms with Gasteiger partial charge in [0.15, 0.2) is 0 Å². The fourth-order valence-electron chi connectivity index (χ4n) is 1.48. The van der Waals surface area contributed by atoms with Crippen LogP contribution in [-0.4, -0.2) is 6.03 Å². The van der Waals surface area contributed by atoms with Crippen LogP contribution in [0.3, 0.4) is 0 Å². The van der Waals surface area contributed by atoms with E-state index in [4.69, 9.17) is 5.26 Å². The van der Waals surface area contributed by atoms with Crippen molar-refractivity contribution in [3.63, 3.8) is 0 Å². The lowest BCUT2D eigenvalue weighted by Crippen LogP contribution is -2.19. The van der Waals surface area contributed by atoms with Crippen molar-refractivity contribution < 1.29 is 4.79 Å². The highest BCUT2D eigenvalue weighted by Gasteiger charge is 2.02. The van der Waals surface area contributed by atoms with Crippen molar-refractivity contribution in [3.8, 4) is 6.07 Å². The third-order valence-corrected chi connectivity index (χ3v) is 2.28. The summed E-state index contributed by atoms with van der Waals surface area (Å²) < 4.78 is 0. The standard InChI is InChI=1S/C14H11N3O/c15-10-11-5-4-8-13(9-11)17-14(18)16-12-6-2-1-3-7-12/h1-9H,(H2,16,17,18). The summed E-state index contributed by atoms with van der Waals surface area (Å²) in [7, 11) is 0. The molecule has 2 rings (SSSR count). The Morgan fingerprint density at radius 2 is 1.61 bits per heavy atom.